The van der Waals surface area contributed by atoms with Gasteiger partial charge in [-0.1, -0.05) is 13.0 Å². The molecule has 0 radical (unpaired) electrons. The van der Waals surface area contributed by atoms with Gasteiger partial charge in [0.1, 0.15) is 11.3 Å². The van der Waals surface area contributed by atoms with Crippen LogP contribution in [0.15, 0.2) is 18.2 Å². The number of fused-ring (bicyclic) bond motifs is 1. The maximum absolute atomic E-state index is 13.3. The van der Waals surface area contributed by atoms with E-state index in [0.717, 1.165) is 37.2 Å². The molecule has 1 aromatic carbocycles. The predicted octanol–water partition coefficient (Wildman–Crippen LogP) is 1.81. The number of imide groups is 1. The number of likely N-dealkylation sites (N-methyl/N-ethyl adjacent to an activating group) is 2. The van der Waals surface area contributed by atoms with Crippen molar-refractivity contribution in [1.82, 2.24) is 15.1 Å². The Labute approximate surface area is 177 Å². The van der Waals surface area contributed by atoms with Crippen molar-refractivity contribution in [3.8, 4) is 5.75 Å². The quantitative estimate of drug-likeness (QED) is 0.739. The minimum absolute atomic E-state index is 0.0176. The number of amides is 3. The fourth-order valence-corrected chi connectivity index (χ4v) is 6.89. The van der Waals surface area contributed by atoms with Gasteiger partial charge in [-0.3, -0.25) is 14.6 Å². The summed E-state index contributed by atoms with van der Waals surface area (Å²) in [5, 5.41) is 15.3. The maximum Gasteiger partial charge on any atom is 0.325 e. The molecule has 162 valence electrons. The van der Waals surface area contributed by atoms with Crippen LogP contribution >= 0.6 is 0 Å². The molecule has 4 aliphatic rings. The van der Waals surface area contributed by atoms with Crippen LogP contribution in [0.3, 0.4) is 0 Å². The van der Waals surface area contributed by atoms with Crippen LogP contribution in [0, 0.1) is 0 Å². The number of likely N-dealkylation sites (tertiary alicyclic amines) is 1. The molecule has 30 heavy (non-hydrogen) atoms. The number of methoxy groups -OCH3 is 1. The molecule has 2 bridgehead atoms. The summed E-state index contributed by atoms with van der Waals surface area (Å²) >= 11 is 0. The number of ether oxygens (including phenoxy) is 1. The molecule has 2 saturated heterocycles. The highest BCUT2D eigenvalue weighted by molar-refractivity contribution is 6.07. The molecule has 3 amide bonds. The van der Waals surface area contributed by atoms with E-state index in [-0.39, 0.29) is 18.0 Å². The summed E-state index contributed by atoms with van der Waals surface area (Å²) in [6, 6.07) is 5.84. The van der Waals surface area contributed by atoms with E-state index in [4.69, 9.17) is 4.74 Å². The number of piperidine rings is 1. The number of carbonyl (C=O) groups excluding carboxylic acids is 2. The van der Waals surface area contributed by atoms with Crippen molar-refractivity contribution >= 4 is 11.9 Å². The lowest BCUT2D eigenvalue weighted by Gasteiger charge is -2.65. The third kappa shape index (κ3) is 2.28. The molecule has 3 fully saturated rings. The average Bonchev–Trinajstić information content (AvgIpc) is 2.97. The van der Waals surface area contributed by atoms with Crippen LogP contribution in [0.5, 0.6) is 5.75 Å². The van der Waals surface area contributed by atoms with E-state index >= 15 is 0 Å². The van der Waals surface area contributed by atoms with Gasteiger partial charge in [0.05, 0.1) is 12.7 Å². The second-order valence-corrected chi connectivity index (χ2v) is 9.37. The molecule has 1 spiro atoms. The molecule has 0 aromatic heterocycles. The Morgan fingerprint density at radius 3 is 2.67 bits per heavy atom. The van der Waals surface area contributed by atoms with Crippen LogP contribution in [0.4, 0.5) is 4.79 Å². The normalized spacial score (nSPS) is 37.7. The van der Waals surface area contributed by atoms with Gasteiger partial charge in [0.2, 0.25) is 0 Å². The zero-order valence-corrected chi connectivity index (χ0v) is 18.0. The highest BCUT2D eigenvalue weighted by Crippen LogP contribution is 2.61. The van der Waals surface area contributed by atoms with E-state index in [9.17, 15) is 14.7 Å². The smallest absolute Gasteiger partial charge is 0.325 e. The molecule has 2 N–H and O–H groups in total. The molecule has 2 aliphatic carbocycles. The molecule has 4 atom stereocenters. The number of nitrogens with zero attached hydrogens (tertiary/aromatic N) is 2. The fourth-order valence-electron chi connectivity index (χ4n) is 6.89. The second-order valence-electron chi connectivity index (χ2n) is 9.37. The summed E-state index contributed by atoms with van der Waals surface area (Å²) in [6.07, 6.45) is 2.95. The van der Waals surface area contributed by atoms with Gasteiger partial charge in [-0.2, -0.15) is 0 Å². The molecular formula is C23H31N3O4. The van der Waals surface area contributed by atoms with Crippen LogP contribution in [-0.4, -0.2) is 70.8 Å². The number of aliphatic hydroxyl groups is 1. The first kappa shape index (κ1) is 19.8. The van der Waals surface area contributed by atoms with Gasteiger partial charge >= 0.3 is 6.03 Å². The van der Waals surface area contributed by atoms with Crippen molar-refractivity contribution in [3.63, 3.8) is 0 Å². The van der Waals surface area contributed by atoms with Crippen molar-refractivity contribution in [1.29, 1.82) is 0 Å². The van der Waals surface area contributed by atoms with Gasteiger partial charge in [0, 0.05) is 18.0 Å². The molecule has 2 heterocycles. The molecule has 7 heteroatoms. The highest BCUT2D eigenvalue weighted by atomic mass is 16.5. The number of urea groups is 1. The van der Waals surface area contributed by atoms with Crippen molar-refractivity contribution in [3.05, 3.63) is 29.3 Å². The minimum Gasteiger partial charge on any atom is -0.497 e. The SMILES string of the molecule is CCN1C(=O)N[C@]2(CC[C@@]3(O)[C@H]4Cc5ccc(OC)cc5[C@@]3(CCN4CC)C2)C1=O. The molecular weight excluding hydrogens is 382 g/mol. The summed E-state index contributed by atoms with van der Waals surface area (Å²) in [5.41, 5.74) is -0.153. The largest absolute Gasteiger partial charge is 0.497 e. The second kappa shape index (κ2) is 6.44. The summed E-state index contributed by atoms with van der Waals surface area (Å²) in [5.74, 6) is 0.620. The summed E-state index contributed by atoms with van der Waals surface area (Å²) < 4.78 is 5.52. The zero-order valence-electron chi connectivity index (χ0n) is 18.0. The van der Waals surface area contributed by atoms with Gasteiger partial charge < -0.3 is 15.2 Å². The molecule has 0 unspecified atom stereocenters. The van der Waals surface area contributed by atoms with Crippen molar-refractivity contribution in [2.24, 2.45) is 0 Å². The Morgan fingerprint density at radius 1 is 1.20 bits per heavy atom. The first-order valence-electron chi connectivity index (χ1n) is 11.1. The van der Waals surface area contributed by atoms with E-state index in [2.05, 4.69) is 29.3 Å². The molecule has 1 aromatic rings. The van der Waals surface area contributed by atoms with E-state index in [1.54, 1.807) is 7.11 Å². The average molecular weight is 414 g/mol. The van der Waals surface area contributed by atoms with Crippen LogP contribution < -0.4 is 10.1 Å². The Hall–Kier alpha value is -2.12. The number of nitrogens with one attached hydrogen (secondary N) is 1. The topological polar surface area (TPSA) is 82.1 Å². The monoisotopic (exact) mass is 413 g/mol. The van der Waals surface area contributed by atoms with Crippen molar-refractivity contribution < 1.29 is 19.4 Å². The number of benzene rings is 1. The van der Waals surface area contributed by atoms with Crippen LogP contribution in [0.2, 0.25) is 0 Å². The lowest BCUT2D eigenvalue weighted by Crippen LogP contribution is -2.76. The molecule has 7 nitrogen and oxygen atoms in total. The molecule has 2 aliphatic heterocycles. The Morgan fingerprint density at radius 2 is 2.00 bits per heavy atom. The van der Waals surface area contributed by atoms with Gasteiger partial charge in [-0.15, -0.1) is 0 Å². The minimum atomic E-state index is -0.935. The van der Waals surface area contributed by atoms with Crippen LogP contribution in [-0.2, 0) is 16.6 Å². The first-order valence-corrected chi connectivity index (χ1v) is 11.1. The molecule has 1 saturated carbocycles. The standard InChI is InChI=1S/C23H31N3O4/c1-4-25-11-10-21-14-22(19(27)26(5-2)20(28)24-22)8-9-23(21,29)18(25)12-15-6-7-16(30-3)13-17(15)21/h6-7,13,18,29H,4-5,8-12,14H2,1-3H3,(H,24,28)/t18-,21-,22+,23-/m1/s1. The Bertz CT molecular complexity index is 920. The maximum atomic E-state index is 13.3. The van der Waals surface area contributed by atoms with Crippen LogP contribution in [0.25, 0.3) is 0 Å². The lowest BCUT2D eigenvalue weighted by molar-refractivity contribution is -0.180. The number of hydrogen-bond acceptors (Lipinski definition) is 5. The van der Waals surface area contributed by atoms with Crippen molar-refractivity contribution in [2.45, 2.75) is 68.5 Å². The number of hydrogen-bond donors (Lipinski definition) is 2. The van der Waals surface area contributed by atoms with E-state index < -0.39 is 16.6 Å². The zero-order chi connectivity index (χ0) is 21.3. The van der Waals surface area contributed by atoms with E-state index in [1.165, 1.54) is 10.5 Å². The van der Waals surface area contributed by atoms with Gasteiger partial charge in [0.25, 0.3) is 5.91 Å². The van der Waals surface area contributed by atoms with Gasteiger partial charge in [0.15, 0.2) is 0 Å². The Kier molecular flexibility index (Phi) is 4.25. The molecule has 5 rings (SSSR count). The third-order valence-electron chi connectivity index (χ3n) is 8.40. The fraction of sp³-hybridized carbons (Fsp3) is 0.652. The summed E-state index contributed by atoms with van der Waals surface area (Å²) in [6.45, 7) is 6.09. The summed E-state index contributed by atoms with van der Waals surface area (Å²) in [7, 11) is 1.65. The van der Waals surface area contributed by atoms with E-state index in [1.807, 2.05) is 13.0 Å². The van der Waals surface area contributed by atoms with Gasteiger partial charge in [-0.25, -0.2) is 4.79 Å². The predicted molar refractivity (Wildman–Crippen MR) is 111 cm³/mol. The van der Waals surface area contributed by atoms with Crippen LogP contribution in [0.1, 0.15) is 50.7 Å². The first-order chi connectivity index (χ1) is 14.3. The number of rotatable bonds is 3. The highest BCUT2D eigenvalue weighted by Gasteiger charge is 2.69. The lowest BCUT2D eigenvalue weighted by atomic mass is 9.46. The summed E-state index contributed by atoms with van der Waals surface area (Å²) in [4.78, 5) is 29.6. The Balaban J connectivity index is 1.68. The third-order valence-corrected chi connectivity index (χ3v) is 8.40. The number of carbonyl (C=O) groups is 2. The van der Waals surface area contributed by atoms with Gasteiger partial charge in [-0.05, 0) is 75.4 Å². The van der Waals surface area contributed by atoms with Crippen molar-refractivity contribution in [2.75, 3.05) is 26.7 Å². The van der Waals surface area contributed by atoms with E-state index in [0.29, 0.717) is 25.8 Å².